The minimum absolute atomic E-state index is 0.0279. The molecule has 4 nitrogen and oxygen atoms in total. The van der Waals surface area contributed by atoms with Crippen molar-refractivity contribution in [3.05, 3.63) is 27.7 Å². The summed E-state index contributed by atoms with van der Waals surface area (Å²) in [7, 11) is 1.12. The molecular weight excluding hydrogens is 335 g/mol. The Morgan fingerprint density at radius 1 is 1.32 bits per heavy atom. The van der Waals surface area contributed by atoms with E-state index in [1.165, 1.54) is 6.07 Å². The maximum Gasteiger partial charge on any atom is 0.339 e. The molecule has 1 aromatic carbocycles. The molecule has 1 rings (SSSR count). The van der Waals surface area contributed by atoms with Gasteiger partial charge in [0.05, 0.1) is 17.2 Å². The number of carbonyl (C=O) groups is 1. The SMILES string of the molecule is CC(C)COC(=O)c1cc(Cl)cc(S(=O)(=O)Cl)c1Cl. The van der Waals surface area contributed by atoms with Crippen LogP contribution in [0.4, 0.5) is 0 Å². The van der Waals surface area contributed by atoms with Gasteiger partial charge in [-0.15, -0.1) is 0 Å². The highest BCUT2D eigenvalue weighted by atomic mass is 35.7. The van der Waals surface area contributed by atoms with Crippen molar-refractivity contribution in [2.24, 2.45) is 5.92 Å². The summed E-state index contributed by atoms with van der Waals surface area (Å²) in [6.45, 7) is 3.91. The molecule has 0 unspecified atom stereocenters. The van der Waals surface area contributed by atoms with Crippen molar-refractivity contribution in [3.63, 3.8) is 0 Å². The van der Waals surface area contributed by atoms with E-state index in [1.807, 2.05) is 13.8 Å². The molecule has 8 heteroatoms. The summed E-state index contributed by atoms with van der Waals surface area (Å²) in [4.78, 5) is 11.4. The molecule has 0 aliphatic heterocycles. The van der Waals surface area contributed by atoms with E-state index in [9.17, 15) is 13.2 Å². The number of esters is 1. The Balaban J connectivity index is 3.22. The Kier molecular flexibility index (Phi) is 5.50. The van der Waals surface area contributed by atoms with E-state index in [1.54, 1.807) is 0 Å². The molecular formula is C11H11Cl3O4S. The summed E-state index contributed by atoms with van der Waals surface area (Å²) >= 11 is 11.6. The van der Waals surface area contributed by atoms with Gasteiger partial charge in [0.15, 0.2) is 0 Å². The topological polar surface area (TPSA) is 60.4 Å². The molecule has 0 aromatic heterocycles. The highest BCUT2D eigenvalue weighted by molar-refractivity contribution is 8.13. The number of carbonyl (C=O) groups excluding carboxylic acids is 1. The van der Waals surface area contributed by atoms with Crippen molar-refractivity contribution < 1.29 is 17.9 Å². The second-order valence-electron chi connectivity index (χ2n) is 4.20. The average molecular weight is 346 g/mol. The summed E-state index contributed by atoms with van der Waals surface area (Å²) in [6, 6.07) is 2.31. The average Bonchev–Trinajstić information content (AvgIpc) is 2.27. The molecule has 0 aliphatic rings. The van der Waals surface area contributed by atoms with Crippen LogP contribution in [-0.4, -0.2) is 21.0 Å². The van der Waals surface area contributed by atoms with E-state index in [4.69, 9.17) is 38.6 Å². The number of rotatable bonds is 4. The summed E-state index contributed by atoms with van der Waals surface area (Å²) in [5, 5.41) is -0.270. The van der Waals surface area contributed by atoms with Gasteiger partial charge in [-0.1, -0.05) is 37.0 Å². The highest BCUT2D eigenvalue weighted by Crippen LogP contribution is 2.32. The van der Waals surface area contributed by atoms with Gasteiger partial charge < -0.3 is 4.74 Å². The monoisotopic (exact) mass is 344 g/mol. The van der Waals surface area contributed by atoms with E-state index < -0.39 is 19.9 Å². The van der Waals surface area contributed by atoms with Gasteiger partial charge in [-0.25, -0.2) is 13.2 Å². The van der Waals surface area contributed by atoms with Crippen LogP contribution in [0.1, 0.15) is 24.2 Å². The molecule has 0 atom stereocenters. The molecule has 0 N–H and O–H groups in total. The van der Waals surface area contributed by atoms with Gasteiger partial charge in [0.25, 0.3) is 9.05 Å². The second kappa shape index (κ2) is 6.31. The minimum Gasteiger partial charge on any atom is -0.462 e. The van der Waals surface area contributed by atoms with Crippen LogP contribution in [0.15, 0.2) is 17.0 Å². The third-order valence-corrected chi connectivity index (χ3v) is 4.12. The normalized spacial score (nSPS) is 11.7. The van der Waals surface area contributed by atoms with Crippen LogP contribution >= 0.6 is 33.9 Å². The van der Waals surface area contributed by atoms with Gasteiger partial charge in [0, 0.05) is 15.7 Å². The van der Waals surface area contributed by atoms with Crippen molar-refractivity contribution >= 4 is 48.9 Å². The Morgan fingerprint density at radius 2 is 1.89 bits per heavy atom. The maximum atomic E-state index is 11.8. The Labute approximate surface area is 126 Å². The van der Waals surface area contributed by atoms with Crippen molar-refractivity contribution in [1.29, 1.82) is 0 Å². The van der Waals surface area contributed by atoms with Crippen molar-refractivity contribution in [2.45, 2.75) is 18.7 Å². The molecule has 0 radical (unpaired) electrons. The number of halogens is 3. The van der Waals surface area contributed by atoms with E-state index >= 15 is 0 Å². The number of hydrogen-bond donors (Lipinski definition) is 0. The summed E-state index contributed by atoms with van der Waals surface area (Å²) < 4.78 is 27.6. The zero-order valence-electron chi connectivity index (χ0n) is 10.1. The fourth-order valence-corrected chi connectivity index (χ4v) is 3.06. The lowest BCUT2D eigenvalue weighted by atomic mass is 10.2. The third kappa shape index (κ3) is 4.53. The zero-order chi connectivity index (χ0) is 14.8. The Hall–Kier alpha value is -0.490. The third-order valence-electron chi connectivity index (χ3n) is 2.03. The molecule has 0 bridgehead atoms. The van der Waals surface area contributed by atoms with Crippen LogP contribution in [0.3, 0.4) is 0 Å². The fourth-order valence-electron chi connectivity index (χ4n) is 1.21. The first-order valence-corrected chi connectivity index (χ1v) is 8.30. The van der Waals surface area contributed by atoms with Gasteiger partial charge >= 0.3 is 5.97 Å². The predicted molar refractivity (Wildman–Crippen MR) is 74.6 cm³/mol. The van der Waals surface area contributed by atoms with Crippen LogP contribution < -0.4 is 0 Å². The first kappa shape index (κ1) is 16.6. The quantitative estimate of drug-likeness (QED) is 0.616. The molecule has 1 aromatic rings. The Bertz CT molecular complexity index is 596. The largest absolute Gasteiger partial charge is 0.462 e. The second-order valence-corrected chi connectivity index (χ2v) is 7.54. The summed E-state index contributed by atoms with van der Waals surface area (Å²) in [6.07, 6.45) is 0. The van der Waals surface area contributed by atoms with Gasteiger partial charge in [0.2, 0.25) is 0 Å². The summed E-state index contributed by atoms with van der Waals surface area (Å²) in [5.41, 5.74) is -0.131. The molecule has 19 heavy (non-hydrogen) atoms. The highest BCUT2D eigenvalue weighted by Gasteiger charge is 2.23. The molecule has 106 valence electrons. The molecule has 0 saturated heterocycles. The van der Waals surface area contributed by atoms with Gasteiger partial charge in [-0.2, -0.15) is 0 Å². The van der Waals surface area contributed by atoms with E-state index in [-0.39, 0.29) is 28.1 Å². The lowest BCUT2D eigenvalue weighted by Gasteiger charge is -2.10. The number of hydrogen-bond acceptors (Lipinski definition) is 4. The molecule has 0 amide bonds. The van der Waals surface area contributed by atoms with Crippen molar-refractivity contribution in [1.82, 2.24) is 0 Å². The van der Waals surface area contributed by atoms with Crippen LogP contribution in [0.25, 0.3) is 0 Å². The minimum atomic E-state index is -4.10. The molecule has 0 spiro atoms. The van der Waals surface area contributed by atoms with Crippen LogP contribution in [0.5, 0.6) is 0 Å². The molecule has 0 aliphatic carbocycles. The van der Waals surface area contributed by atoms with Gasteiger partial charge in [0.1, 0.15) is 4.90 Å². The van der Waals surface area contributed by atoms with Crippen molar-refractivity contribution in [3.8, 4) is 0 Å². The van der Waals surface area contributed by atoms with Gasteiger partial charge in [-0.3, -0.25) is 0 Å². The number of benzene rings is 1. The first-order chi connectivity index (χ1) is 8.62. The fraction of sp³-hybridized carbons (Fsp3) is 0.364. The molecule has 0 saturated carbocycles. The van der Waals surface area contributed by atoms with E-state index in [0.717, 1.165) is 6.07 Å². The lowest BCUT2D eigenvalue weighted by molar-refractivity contribution is 0.0459. The van der Waals surface area contributed by atoms with E-state index in [0.29, 0.717) is 0 Å². The smallest absolute Gasteiger partial charge is 0.339 e. The van der Waals surface area contributed by atoms with Crippen LogP contribution in [0, 0.1) is 5.92 Å². The van der Waals surface area contributed by atoms with Crippen LogP contribution in [0.2, 0.25) is 10.0 Å². The number of ether oxygens (including phenoxy) is 1. The first-order valence-electron chi connectivity index (χ1n) is 5.23. The lowest BCUT2D eigenvalue weighted by Crippen LogP contribution is -2.11. The van der Waals surface area contributed by atoms with E-state index in [2.05, 4.69) is 0 Å². The molecule has 0 heterocycles. The zero-order valence-corrected chi connectivity index (χ0v) is 13.2. The molecule has 0 fully saturated rings. The van der Waals surface area contributed by atoms with Crippen molar-refractivity contribution in [2.75, 3.05) is 6.61 Å². The van der Waals surface area contributed by atoms with Gasteiger partial charge in [-0.05, 0) is 18.1 Å². The predicted octanol–water partition coefficient (Wildman–Crippen LogP) is 3.73. The van der Waals surface area contributed by atoms with Crippen LogP contribution in [-0.2, 0) is 13.8 Å². The summed E-state index contributed by atoms with van der Waals surface area (Å²) in [5.74, 6) is -0.610. The standard InChI is InChI=1S/C11H11Cl3O4S/c1-6(2)5-18-11(15)8-3-7(12)4-9(10(8)13)19(14,16)17/h3-4,6H,5H2,1-2H3. The Morgan fingerprint density at radius 3 is 2.37 bits per heavy atom. The maximum absolute atomic E-state index is 11.8.